The lowest BCUT2D eigenvalue weighted by Gasteiger charge is -2.35. The molecule has 0 aliphatic carbocycles. The molecule has 7 heteroatoms. The van der Waals surface area contributed by atoms with Crippen molar-refractivity contribution in [2.24, 2.45) is 0 Å². The zero-order valence-corrected chi connectivity index (χ0v) is 14.8. The number of aliphatic carboxylic acids is 1. The van der Waals surface area contributed by atoms with E-state index in [0.717, 1.165) is 5.56 Å². The van der Waals surface area contributed by atoms with Crippen LogP contribution in [0.3, 0.4) is 0 Å². The molecule has 27 heavy (non-hydrogen) atoms. The summed E-state index contributed by atoms with van der Waals surface area (Å²) in [6, 6.07) is 12.7. The molecule has 1 N–H and O–H groups in total. The largest absolute Gasteiger partial charge is 0.489 e. The Labute approximate surface area is 156 Å². The van der Waals surface area contributed by atoms with Crippen LogP contribution in [0, 0.1) is 5.82 Å². The molecular formula is C20H20FNO5. The first-order valence-corrected chi connectivity index (χ1v) is 8.57. The van der Waals surface area contributed by atoms with Gasteiger partial charge in [-0.2, -0.15) is 0 Å². The number of hydrogen-bond acceptors (Lipinski definition) is 4. The quantitative estimate of drug-likeness (QED) is 0.872. The maximum absolute atomic E-state index is 13.2. The first-order chi connectivity index (χ1) is 12.9. The molecule has 0 spiro atoms. The Bertz CT molecular complexity index is 841. The topological polar surface area (TPSA) is 76.1 Å². The van der Waals surface area contributed by atoms with E-state index >= 15 is 0 Å². The zero-order chi connectivity index (χ0) is 19.4. The van der Waals surface area contributed by atoms with Gasteiger partial charge in [0.25, 0.3) is 5.91 Å². The van der Waals surface area contributed by atoms with Crippen molar-refractivity contribution in [1.29, 1.82) is 0 Å². The average molecular weight is 373 g/mol. The first-order valence-electron chi connectivity index (χ1n) is 8.57. The molecule has 0 bridgehead atoms. The maximum atomic E-state index is 13.2. The third-order valence-electron chi connectivity index (χ3n) is 4.20. The summed E-state index contributed by atoms with van der Waals surface area (Å²) in [4.78, 5) is 25.5. The molecule has 1 amide bonds. The highest BCUT2D eigenvalue weighted by Crippen LogP contribution is 2.18. The van der Waals surface area contributed by atoms with Crippen LogP contribution in [0.1, 0.15) is 22.8 Å². The molecule has 6 nitrogen and oxygen atoms in total. The third-order valence-corrected chi connectivity index (χ3v) is 4.20. The summed E-state index contributed by atoms with van der Waals surface area (Å²) in [6.07, 6.45) is -1.39. The molecule has 142 valence electrons. The van der Waals surface area contributed by atoms with Gasteiger partial charge in [0, 0.05) is 18.2 Å². The SMILES string of the molecule is C[C@@H]1CN(C(=O)c2cccc(COc3cccc(F)c3)c2)CC(C(=O)O)O1. The number of carboxylic acid groups (broad SMARTS) is 1. The van der Waals surface area contributed by atoms with Crippen LogP contribution in [-0.4, -0.2) is 47.2 Å². The van der Waals surface area contributed by atoms with Gasteiger partial charge in [-0.25, -0.2) is 9.18 Å². The Morgan fingerprint density at radius 1 is 1.22 bits per heavy atom. The molecule has 1 unspecified atom stereocenters. The zero-order valence-electron chi connectivity index (χ0n) is 14.8. The molecule has 1 saturated heterocycles. The van der Waals surface area contributed by atoms with Gasteiger partial charge in [-0.3, -0.25) is 4.79 Å². The van der Waals surface area contributed by atoms with Crippen molar-refractivity contribution in [2.75, 3.05) is 13.1 Å². The van der Waals surface area contributed by atoms with Crippen molar-refractivity contribution in [1.82, 2.24) is 4.90 Å². The van der Waals surface area contributed by atoms with Crippen molar-refractivity contribution in [3.05, 3.63) is 65.5 Å². The fourth-order valence-electron chi connectivity index (χ4n) is 2.95. The summed E-state index contributed by atoms with van der Waals surface area (Å²) >= 11 is 0. The van der Waals surface area contributed by atoms with Gasteiger partial charge in [0.1, 0.15) is 18.2 Å². The van der Waals surface area contributed by atoms with E-state index in [9.17, 15) is 14.0 Å². The van der Waals surface area contributed by atoms with Crippen LogP contribution in [0.4, 0.5) is 4.39 Å². The predicted molar refractivity (Wildman–Crippen MR) is 95.0 cm³/mol. The number of carbonyl (C=O) groups excluding carboxylic acids is 1. The lowest BCUT2D eigenvalue weighted by Crippen LogP contribution is -2.51. The Hall–Kier alpha value is -2.93. The van der Waals surface area contributed by atoms with E-state index in [4.69, 9.17) is 14.6 Å². The molecule has 1 fully saturated rings. The predicted octanol–water partition coefficient (Wildman–Crippen LogP) is 2.72. The number of nitrogens with zero attached hydrogens (tertiary/aromatic N) is 1. The molecule has 0 saturated carbocycles. The number of hydrogen-bond donors (Lipinski definition) is 1. The van der Waals surface area contributed by atoms with Gasteiger partial charge in [-0.05, 0) is 36.8 Å². The lowest BCUT2D eigenvalue weighted by molar-refractivity contribution is -0.160. The van der Waals surface area contributed by atoms with E-state index in [-0.39, 0.29) is 31.0 Å². The average Bonchev–Trinajstić information content (AvgIpc) is 2.65. The number of amides is 1. The number of carbonyl (C=O) groups is 2. The Morgan fingerprint density at radius 3 is 2.74 bits per heavy atom. The summed E-state index contributed by atoms with van der Waals surface area (Å²) in [5.74, 6) is -1.33. The molecule has 1 aliphatic heterocycles. The minimum Gasteiger partial charge on any atom is -0.489 e. The fourth-order valence-corrected chi connectivity index (χ4v) is 2.95. The summed E-state index contributed by atoms with van der Waals surface area (Å²) in [6.45, 7) is 2.25. The van der Waals surface area contributed by atoms with Gasteiger partial charge in [0.15, 0.2) is 6.10 Å². The van der Waals surface area contributed by atoms with Crippen LogP contribution in [0.2, 0.25) is 0 Å². The molecule has 2 atom stereocenters. The van der Waals surface area contributed by atoms with E-state index in [1.165, 1.54) is 17.0 Å². The number of rotatable bonds is 5. The Balaban J connectivity index is 1.69. The number of morpholine rings is 1. The van der Waals surface area contributed by atoms with E-state index in [1.54, 1.807) is 43.3 Å². The third kappa shape index (κ3) is 4.83. The highest BCUT2D eigenvalue weighted by molar-refractivity contribution is 5.94. The van der Waals surface area contributed by atoms with Crippen LogP contribution in [-0.2, 0) is 16.1 Å². The second kappa shape index (κ2) is 8.18. The normalized spacial score (nSPS) is 19.6. The van der Waals surface area contributed by atoms with Crippen molar-refractivity contribution in [3.63, 3.8) is 0 Å². The highest BCUT2D eigenvalue weighted by Gasteiger charge is 2.33. The Kier molecular flexibility index (Phi) is 5.71. The maximum Gasteiger partial charge on any atom is 0.334 e. The van der Waals surface area contributed by atoms with Crippen molar-refractivity contribution < 1.29 is 28.6 Å². The van der Waals surface area contributed by atoms with E-state index < -0.39 is 12.1 Å². The first kappa shape index (κ1) is 18.8. The summed E-state index contributed by atoms with van der Waals surface area (Å²) < 4.78 is 24.1. The highest BCUT2D eigenvalue weighted by atomic mass is 19.1. The van der Waals surface area contributed by atoms with E-state index in [0.29, 0.717) is 17.9 Å². The molecule has 1 aliphatic rings. The van der Waals surface area contributed by atoms with Crippen LogP contribution in [0.5, 0.6) is 5.75 Å². The minimum absolute atomic E-state index is 0.00251. The molecule has 0 aromatic heterocycles. The minimum atomic E-state index is -1.09. The second-order valence-electron chi connectivity index (χ2n) is 6.43. The molecule has 1 heterocycles. The number of ether oxygens (including phenoxy) is 2. The van der Waals surface area contributed by atoms with Gasteiger partial charge in [0.05, 0.1) is 12.6 Å². The molecular weight excluding hydrogens is 353 g/mol. The fraction of sp³-hybridized carbons (Fsp3) is 0.300. The van der Waals surface area contributed by atoms with Crippen molar-refractivity contribution >= 4 is 11.9 Å². The van der Waals surface area contributed by atoms with Gasteiger partial charge in [0.2, 0.25) is 0 Å². The lowest BCUT2D eigenvalue weighted by atomic mass is 10.1. The monoisotopic (exact) mass is 373 g/mol. The summed E-state index contributed by atoms with van der Waals surface area (Å²) in [5.41, 5.74) is 1.19. The van der Waals surface area contributed by atoms with Gasteiger partial charge in [-0.1, -0.05) is 18.2 Å². The van der Waals surface area contributed by atoms with E-state index in [1.807, 2.05) is 0 Å². The number of benzene rings is 2. The molecule has 3 rings (SSSR count). The van der Waals surface area contributed by atoms with Gasteiger partial charge < -0.3 is 19.5 Å². The van der Waals surface area contributed by atoms with Crippen molar-refractivity contribution in [3.8, 4) is 5.75 Å². The van der Waals surface area contributed by atoms with Crippen LogP contribution in [0.15, 0.2) is 48.5 Å². The summed E-state index contributed by atoms with van der Waals surface area (Å²) in [7, 11) is 0. The molecule has 0 radical (unpaired) electrons. The number of halogens is 1. The second-order valence-corrected chi connectivity index (χ2v) is 6.43. The smallest absolute Gasteiger partial charge is 0.334 e. The molecule has 2 aromatic rings. The van der Waals surface area contributed by atoms with Gasteiger partial charge in [-0.15, -0.1) is 0 Å². The standard InChI is InChI=1S/C20H20FNO5/c1-13-10-22(11-18(27-13)20(24)25)19(23)15-5-2-4-14(8-15)12-26-17-7-3-6-16(21)9-17/h2-9,13,18H,10-12H2,1H3,(H,24,25)/t13-,18?/m1/s1. The van der Waals surface area contributed by atoms with Crippen LogP contribution < -0.4 is 4.74 Å². The Morgan fingerprint density at radius 2 is 2.00 bits per heavy atom. The van der Waals surface area contributed by atoms with Crippen LogP contribution in [0.25, 0.3) is 0 Å². The summed E-state index contributed by atoms with van der Waals surface area (Å²) in [5, 5.41) is 9.16. The molecule has 2 aromatic carbocycles. The number of carboxylic acids is 1. The van der Waals surface area contributed by atoms with Crippen LogP contribution >= 0.6 is 0 Å². The van der Waals surface area contributed by atoms with Gasteiger partial charge >= 0.3 is 5.97 Å². The van der Waals surface area contributed by atoms with E-state index in [2.05, 4.69) is 0 Å². The van der Waals surface area contributed by atoms with Crippen molar-refractivity contribution in [2.45, 2.75) is 25.7 Å².